The van der Waals surface area contributed by atoms with Crippen LogP contribution in [-0.2, 0) is 4.79 Å². The number of thioether (sulfide) groups is 1. The summed E-state index contributed by atoms with van der Waals surface area (Å²) < 4.78 is 0. The van der Waals surface area contributed by atoms with E-state index in [1.165, 1.54) is 16.7 Å². The molecule has 1 aliphatic heterocycles. The van der Waals surface area contributed by atoms with Gasteiger partial charge in [0, 0.05) is 17.3 Å². The van der Waals surface area contributed by atoms with Gasteiger partial charge in [-0.2, -0.15) is 0 Å². The van der Waals surface area contributed by atoms with Crippen molar-refractivity contribution in [1.29, 1.82) is 0 Å². The Labute approximate surface area is 119 Å². The fourth-order valence-electron chi connectivity index (χ4n) is 2.27. The average Bonchev–Trinajstić information content (AvgIpc) is 2.95. The number of fused-ring (bicyclic) bond motifs is 1. The van der Waals surface area contributed by atoms with E-state index in [2.05, 4.69) is 4.98 Å². The van der Waals surface area contributed by atoms with Crippen LogP contribution in [0.2, 0.25) is 0 Å². The van der Waals surface area contributed by atoms with Gasteiger partial charge in [-0.05, 0) is 11.5 Å². The van der Waals surface area contributed by atoms with Gasteiger partial charge in [0.15, 0.2) is 0 Å². The molecular weight excluding hydrogens is 276 g/mol. The molecule has 1 saturated heterocycles. The van der Waals surface area contributed by atoms with Gasteiger partial charge in [-0.15, -0.1) is 11.8 Å². The minimum atomic E-state index is -0.969. The number of aliphatic carboxylic acids is 1. The summed E-state index contributed by atoms with van der Waals surface area (Å²) in [5.41, 5.74) is 0.317. The van der Waals surface area contributed by atoms with Crippen molar-refractivity contribution in [2.24, 2.45) is 0 Å². The molecule has 2 heterocycles. The lowest BCUT2D eigenvalue weighted by molar-refractivity contribution is -0.140. The molecule has 0 spiro atoms. The monoisotopic (exact) mass is 288 g/mol. The smallest absolute Gasteiger partial charge is 0.327 e. The van der Waals surface area contributed by atoms with Crippen molar-refractivity contribution < 1.29 is 14.7 Å². The van der Waals surface area contributed by atoms with Crippen LogP contribution in [0.4, 0.5) is 0 Å². The molecule has 1 N–H and O–H groups in total. The van der Waals surface area contributed by atoms with Gasteiger partial charge >= 0.3 is 5.97 Å². The van der Waals surface area contributed by atoms with Crippen LogP contribution in [0.1, 0.15) is 10.5 Å². The third-order valence-electron chi connectivity index (χ3n) is 3.30. The first-order chi connectivity index (χ1) is 9.68. The summed E-state index contributed by atoms with van der Waals surface area (Å²) >= 11 is 1.44. The fourth-order valence-corrected chi connectivity index (χ4v) is 3.42. The number of carbonyl (C=O) groups excluding carboxylic acids is 1. The van der Waals surface area contributed by atoms with Crippen LogP contribution in [0.5, 0.6) is 0 Å². The molecule has 3 rings (SSSR count). The number of rotatable bonds is 2. The van der Waals surface area contributed by atoms with Crippen molar-refractivity contribution in [3.63, 3.8) is 0 Å². The van der Waals surface area contributed by atoms with Gasteiger partial charge in [0.2, 0.25) is 0 Å². The average molecular weight is 288 g/mol. The van der Waals surface area contributed by atoms with Crippen molar-refractivity contribution >= 4 is 34.4 Å². The number of nitrogens with zero attached hydrogens (tertiary/aromatic N) is 2. The number of hydrogen-bond donors (Lipinski definition) is 1. The van der Waals surface area contributed by atoms with Gasteiger partial charge in [-0.25, -0.2) is 4.79 Å². The van der Waals surface area contributed by atoms with E-state index in [4.69, 9.17) is 5.11 Å². The standard InChI is InChI=1S/C14H12N2O3S/c17-13(16-8-20-7-11(16)14(18)19)12-10-4-2-1-3-9(10)5-6-15-12/h1-6,11H,7-8H2,(H,18,19). The van der Waals surface area contributed by atoms with E-state index in [-0.39, 0.29) is 5.91 Å². The molecule has 1 unspecified atom stereocenters. The SMILES string of the molecule is O=C(O)C1CSCN1C(=O)c1nccc2ccccc12. The molecule has 6 heteroatoms. The molecular formula is C14H12N2O3S. The lowest BCUT2D eigenvalue weighted by Crippen LogP contribution is -2.42. The topological polar surface area (TPSA) is 70.5 Å². The summed E-state index contributed by atoms with van der Waals surface area (Å²) in [5.74, 6) is -0.477. The highest BCUT2D eigenvalue weighted by atomic mass is 32.2. The predicted molar refractivity (Wildman–Crippen MR) is 76.7 cm³/mol. The van der Waals surface area contributed by atoms with Gasteiger partial charge < -0.3 is 10.0 Å². The van der Waals surface area contributed by atoms with E-state index in [9.17, 15) is 9.59 Å². The van der Waals surface area contributed by atoms with Gasteiger partial charge in [0.25, 0.3) is 5.91 Å². The second-order valence-electron chi connectivity index (χ2n) is 4.51. The van der Waals surface area contributed by atoms with E-state index in [1.807, 2.05) is 30.3 Å². The van der Waals surface area contributed by atoms with Crippen LogP contribution < -0.4 is 0 Å². The zero-order chi connectivity index (χ0) is 14.1. The zero-order valence-corrected chi connectivity index (χ0v) is 11.3. The van der Waals surface area contributed by atoms with Crippen LogP contribution >= 0.6 is 11.8 Å². The first-order valence-electron chi connectivity index (χ1n) is 6.14. The fraction of sp³-hybridized carbons (Fsp3) is 0.214. The highest BCUT2D eigenvalue weighted by Gasteiger charge is 2.35. The minimum absolute atomic E-state index is 0.317. The highest BCUT2D eigenvalue weighted by molar-refractivity contribution is 7.99. The van der Waals surface area contributed by atoms with Gasteiger partial charge in [0.05, 0.1) is 5.88 Å². The number of pyridine rings is 1. The molecule has 1 amide bonds. The minimum Gasteiger partial charge on any atom is -0.480 e. The predicted octanol–water partition coefficient (Wildman–Crippen LogP) is 1.83. The normalized spacial score (nSPS) is 18.4. The Kier molecular flexibility index (Phi) is 3.31. The second kappa shape index (κ2) is 5.13. The molecule has 0 radical (unpaired) electrons. The molecule has 5 nitrogen and oxygen atoms in total. The Morgan fingerprint density at radius 3 is 2.90 bits per heavy atom. The second-order valence-corrected chi connectivity index (χ2v) is 5.51. The molecule has 0 aliphatic carbocycles. The third kappa shape index (κ3) is 2.12. The van der Waals surface area contributed by atoms with E-state index in [0.717, 1.165) is 10.8 Å². The van der Waals surface area contributed by atoms with Crippen LogP contribution in [-0.4, -0.2) is 44.5 Å². The third-order valence-corrected chi connectivity index (χ3v) is 4.32. The molecule has 1 aliphatic rings. The number of hydrogen-bond acceptors (Lipinski definition) is 4. The summed E-state index contributed by atoms with van der Waals surface area (Å²) in [6.45, 7) is 0. The number of amides is 1. The number of benzene rings is 1. The quantitative estimate of drug-likeness (QED) is 0.913. The molecule has 0 saturated carbocycles. The number of carboxylic acid groups (broad SMARTS) is 1. The van der Waals surface area contributed by atoms with Crippen molar-refractivity contribution in [3.05, 3.63) is 42.2 Å². The summed E-state index contributed by atoms with van der Waals surface area (Å²) in [6.07, 6.45) is 1.58. The summed E-state index contributed by atoms with van der Waals surface area (Å²) in [5, 5.41) is 10.8. The summed E-state index contributed by atoms with van der Waals surface area (Å²) in [4.78, 5) is 29.3. The lowest BCUT2D eigenvalue weighted by Gasteiger charge is -2.20. The van der Waals surface area contributed by atoms with Gasteiger partial charge in [-0.3, -0.25) is 9.78 Å². The Morgan fingerprint density at radius 2 is 2.10 bits per heavy atom. The van der Waals surface area contributed by atoms with E-state index in [0.29, 0.717) is 17.3 Å². The Bertz CT molecular complexity index is 684. The summed E-state index contributed by atoms with van der Waals surface area (Å²) in [6, 6.07) is 8.53. The molecule has 1 fully saturated rings. The first kappa shape index (κ1) is 12.9. The van der Waals surface area contributed by atoms with Gasteiger partial charge in [-0.1, -0.05) is 24.3 Å². The Balaban J connectivity index is 2.03. The van der Waals surface area contributed by atoms with E-state index < -0.39 is 12.0 Å². The van der Waals surface area contributed by atoms with Gasteiger partial charge in [0.1, 0.15) is 11.7 Å². The number of carboxylic acids is 1. The maximum Gasteiger partial charge on any atom is 0.327 e. The Morgan fingerprint density at radius 1 is 1.30 bits per heavy atom. The van der Waals surface area contributed by atoms with Crippen molar-refractivity contribution in [1.82, 2.24) is 9.88 Å². The largest absolute Gasteiger partial charge is 0.480 e. The molecule has 1 atom stereocenters. The zero-order valence-electron chi connectivity index (χ0n) is 10.5. The number of aromatic nitrogens is 1. The van der Waals surface area contributed by atoms with Crippen LogP contribution in [0, 0.1) is 0 Å². The van der Waals surface area contributed by atoms with E-state index in [1.54, 1.807) is 6.20 Å². The number of carbonyl (C=O) groups is 2. The van der Waals surface area contributed by atoms with Crippen LogP contribution in [0.25, 0.3) is 10.8 Å². The van der Waals surface area contributed by atoms with E-state index >= 15 is 0 Å². The lowest BCUT2D eigenvalue weighted by atomic mass is 10.1. The van der Waals surface area contributed by atoms with Crippen molar-refractivity contribution in [2.75, 3.05) is 11.6 Å². The van der Waals surface area contributed by atoms with Crippen LogP contribution in [0.3, 0.4) is 0 Å². The molecule has 2 aromatic rings. The maximum atomic E-state index is 12.6. The highest BCUT2D eigenvalue weighted by Crippen LogP contribution is 2.25. The maximum absolute atomic E-state index is 12.6. The van der Waals surface area contributed by atoms with Crippen molar-refractivity contribution in [2.45, 2.75) is 6.04 Å². The molecule has 20 heavy (non-hydrogen) atoms. The first-order valence-corrected chi connectivity index (χ1v) is 7.29. The van der Waals surface area contributed by atoms with Crippen LogP contribution in [0.15, 0.2) is 36.5 Å². The molecule has 0 bridgehead atoms. The van der Waals surface area contributed by atoms with Crippen molar-refractivity contribution in [3.8, 4) is 0 Å². The molecule has 1 aromatic heterocycles. The molecule has 1 aromatic carbocycles. The Hall–Kier alpha value is -2.08. The summed E-state index contributed by atoms with van der Waals surface area (Å²) in [7, 11) is 0. The molecule has 102 valence electrons.